The molecule has 186 valence electrons. The highest BCUT2D eigenvalue weighted by molar-refractivity contribution is 5.74. The number of unbranched alkanes of at least 4 members (excludes halogenated alkanes) is 1. The Balaban J connectivity index is 1.82. The van der Waals surface area contributed by atoms with Crippen molar-refractivity contribution in [3.05, 3.63) is 70.8 Å². The highest BCUT2D eigenvalue weighted by Crippen LogP contribution is 2.35. The molecule has 2 aromatic carbocycles. The Morgan fingerprint density at radius 3 is 1.85 bits per heavy atom. The van der Waals surface area contributed by atoms with Crippen LogP contribution in [0.25, 0.3) is 0 Å². The van der Waals surface area contributed by atoms with Crippen LogP contribution in [0.3, 0.4) is 0 Å². The normalized spacial score (nSPS) is 18.8. The lowest BCUT2D eigenvalue weighted by molar-refractivity contribution is 0.237. The average molecular weight is 464 g/mol. The monoisotopic (exact) mass is 463 g/mol. The van der Waals surface area contributed by atoms with Gasteiger partial charge in [-0.15, -0.1) is 0 Å². The van der Waals surface area contributed by atoms with Gasteiger partial charge in [0.1, 0.15) is 0 Å². The summed E-state index contributed by atoms with van der Waals surface area (Å²) in [5.74, 6) is 0.234. The molecule has 1 heterocycles. The van der Waals surface area contributed by atoms with Crippen LogP contribution in [0.2, 0.25) is 0 Å². The molecular formula is C30H45N3O. The smallest absolute Gasteiger partial charge is 0.315 e. The maximum Gasteiger partial charge on any atom is 0.315 e. The van der Waals surface area contributed by atoms with Crippen molar-refractivity contribution in [2.75, 3.05) is 13.1 Å². The van der Waals surface area contributed by atoms with Crippen molar-refractivity contribution in [2.24, 2.45) is 0 Å². The molecule has 1 fully saturated rings. The van der Waals surface area contributed by atoms with E-state index in [1.54, 1.807) is 0 Å². The number of rotatable bonds is 7. The van der Waals surface area contributed by atoms with Gasteiger partial charge in [0, 0.05) is 31.1 Å². The third-order valence-corrected chi connectivity index (χ3v) is 6.99. The summed E-state index contributed by atoms with van der Waals surface area (Å²) in [6.45, 7) is 17.2. The fourth-order valence-electron chi connectivity index (χ4n) is 4.78. The van der Waals surface area contributed by atoms with Gasteiger partial charge in [-0.2, -0.15) is 0 Å². The van der Waals surface area contributed by atoms with Gasteiger partial charge in [-0.3, -0.25) is 0 Å². The van der Waals surface area contributed by atoms with E-state index in [0.717, 1.165) is 32.4 Å². The largest absolute Gasteiger partial charge is 0.338 e. The predicted molar refractivity (Wildman–Crippen MR) is 144 cm³/mol. The molecule has 34 heavy (non-hydrogen) atoms. The summed E-state index contributed by atoms with van der Waals surface area (Å²) in [5, 5.41) is 9.88. The van der Waals surface area contributed by atoms with Gasteiger partial charge in [0.2, 0.25) is 0 Å². The van der Waals surface area contributed by atoms with Gasteiger partial charge in [-0.05, 0) is 45.9 Å². The zero-order valence-electron chi connectivity index (χ0n) is 22.3. The van der Waals surface area contributed by atoms with E-state index in [-0.39, 0.29) is 34.9 Å². The number of benzene rings is 2. The van der Waals surface area contributed by atoms with Crippen LogP contribution in [-0.4, -0.2) is 31.2 Å². The maximum absolute atomic E-state index is 12.3. The number of carbonyl (C=O) groups is 1. The van der Waals surface area contributed by atoms with Gasteiger partial charge in [0.05, 0.1) is 0 Å². The first-order valence-electron chi connectivity index (χ1n) is 13.0. The topological polar surface area (TPSA) is 53.2 Å². The molecule has 1 aliphatic rings. The van der Waals surface area contributed by atoms with Crippen molar-refractivity contribution < 1.29 is 4.79 Å². The van der Waals surface area contributed by atoms with Gasteiger partial charge in [-0.1, -0.05) is 103 Å². The molecular weight excluding hydrogens is 418 g/mol. The number of hydrogen-bond acceptors (Lipinski definition) is 2. The minimum Gasteiger partial charge on any atom is -0.338 e. The lowest BCUT2D eigenvalue weighted by Gasteiger charge is -2.27. The summed E-state index contributed by atoms with van der Waals surface area (Å²) in [4.78, 5) is 12.3. The highest BCUT2D eigenvalue weighted by Gasteiger charge is 2.33. The summed E-state index contributed by atoms with van der Waals surface area (Å²) < 4.78 is 0. The van der Waals surface area contributed by atoms with Crippen LogP contribution in [0, 0.1) is 0 Å². The standard InChI is InChI=1S/C30H45N3O/c1-8-9-18-31-28(34)33-25-19-26(32-20-25)27(21-10-14-23(15-11-21)29(2,3)4)22-12-16-24(17-13-22)30(5,6)7/h10-17,25-27,32H,8-9,18-20H2,1-7H3,(H2,31,33,34)/t25-,26-/m0/s1. The first-order chi connectivity index (χ1) is 16.0. The second-order valence-electron chi connectivity index (χ2n) is 11.9. The number of hydrogen-bond donors (Lipinski definition) is 3. The van der Waals surface area contributed by atoms with Crippen LogP contribution < -0.4 is 16.0 Å². The zero-order valence-corrected chi connectivity index (χ0v) is 22.3. The van der Waals surface area contributed by atoms with Crippen molar-refractivity contribution in [1.29, 1.82) is 0 Å². The summed E-state index contributed by atoms with van der Waals surface area (Å²) in [6, 6.07) is 18.6. The molecule has 2 aromatic rings. The van der Waals surface area contributed by atoms with E-state index < -0.39 is 0 Å². The fraction of sp³-hybridized carbons (Fsp3) is 0.567. The van der Waals surface area contributed by atoms with Crippen molar-refractivity contribution >= 4 is 6.03 Å². The Morgan fingerprint density at radius 2 is 1.41 bits per heavy atom. The Bertz CT molecular complexity index is 862. The van der Waals surface area contributed by atoms with Gasteiger partial charge in [-0.25, -0.2) is 4.79 Å². The molecule has 0 aromatic heterocycles. The third-order valence-electron chi connectivity index (χ3n) is 6.99. The predicted octanol–water partition coefficient (Wildman–Crippen LogP) is 6.24. The van der Waals surface area contributed by atoms with Gasteiger partial charge >= 0.3 is 6.03 Å². The molecule has 0 unspecified atom stereocenters. The summed E-state index contributed by atoms with van der Waals surface area (Å²) in [7, 11) is 0. The van der Waals surface area contributed by atoms with Crippen LogP contribution in [0.5, 0.6) is 0 Å². The molecule has 1 aliphatic heterocycles. The minimum absolute atomic E-state index is 0.0542. The second kappa shape index (κ2) is 10.9. The van der Waals surface area contributed by atoms with Gasteiger partial charge in [0.15, 0.2) is 0 Å². The second-order valence-corrected chi connectivity index (χ2v) is 11.9. The molecule has 3 rings (SSSR count). The molecule has 2 atom stereocenters. The SMILES string of the molecule is CCCCNC(=O)N[C@@H]1CN[C@H](C(c2ccc(C(C)(C)C)cc2)c2ccc(C(C)(C)C)cc2)C1. The average Bonchev–Trinajstić information content (AvgIpc) is 3.21. The Kier molecular flexibility index (Phi) is 8.46. The fourth-order valence-corrected chi connectivity index (χ4v) is 4.78. The van der Waals surface area contributed by atoms with Gasteiger partial charge < -0.3 is 16.0 Å². The third kappa shape index (κ3) is 6.85. The maximum atomic E-state index is 12.3. The molecule has 0 aliphatic carbocycles. The molecule has 3 N–H and O–H groups in total. The van der Waals surface area contributed by atoms with Crippen molar-refractivity contribution in [1.82, 2.24) is 16.0 Å². The van der Waals surface area contributed by atoms with E-state index in [4.69, 9.17) is 0 Å². The lowest BCUT2D eigenvalue weighted by Crippen LogP contribution is -2.43. The molecule has 4 nitrogen and oxygen atoms in total. The lowest BCUT2D eigenvalue weighted by atomic mass is 9.80. The molecule has 0 bridgehead atoms. The van der Waals surface area contributed by atoms with Crippen molar-refractivity contribution in [3.8, 4) is 0 Å². The van der Waals surface area contributed by atoms with E-state index in [9.17, 15) is 4.79 Å². The van der Waals surface area contributed by atoms with Crippen molar-refractivity contribution in [2.45, 2.75) is 96.6 Å². The summed E-state index contributed by atoms with van der Waals surface area (Å²) in [6.07, 6.45) is 3.00. The number of amides is 2. The van der Waals surface area contributed by atoms with E-state index in [1.165, 1.54) is 22.3 Å². The van der Waals surface area contributed by atoms with E-state index >= 15 is 0 Å². The summed E-state index contributed by atoms with van der Waals surface area (Å²) in [5.41, 5.74) is 5.60. The Labute approximate surface area is 207 Å². The zero-order chi connectivity index (χ0) is 24.9. The molecule has 0 spiro atoms. The Hall–Kier alpha value is -2.33. The number of carbonyl (C=O) groups excluding carboxylic acids is 1. The van der Waals surface area contributed by atoms with Gasteiger partial charge in [0.25, 0.3) is 0 Å². The number of nitrogens with one attached hydrogen (secondary N) is 3. The van der Waals surface area contributed by atoms with Crippen LogP contribution in [0.1, 0.15) is 95.9 Å². The van der Waals surface area contributed by atoms with Crippen LogP contribution >= 0.6 is 0 Å². The van der Waals surface area contributed by atoms with Crippen LogP contribution in [-0.2, 0) is 10.8 Å². The first kappa shape index (κ1) is 26.3. The van der Waals surface area contributed by atoms with E-state index in [0.29, 0.717) is 0 Å². The molecule has 0 radical (unpaired) electrons. The summed E-state index contributed by atoms with van der Waals surface area (Å²) >= 11 is 0. The Morgan fingerprint density at radius 1 is 0.912 bits per heavy atom. The van der Waals surface area contributed by atoms with Crippen LogP contribution in [0.15, 0.2) is 48.5 Å². The molecule has 4 heteroatoms. The molecule has 0 saturated carbocycles. The van der Waals surface area contributed by atoms with Crippen LogP contribution in [0.4, 0.5) is 4.79 Å². The molecule has 2 amide bonds. The number of urea groups is 1. The first-order valence-corrected chi connectivity index (χ1v) is 13.0. The van der Waals surface area contributed by atoms with Crippen molar-refractivity contribution in [3.63, 3.8) is 0 Å². The van der Waals surface area contributed by atoms with E-state index in [1.807, 2.05) is 0 Å². The quantitative estimate of drug-likeness (QED) is 0.426. The van der Waals surface area contributed by atoms with E-state index in [2.05, 4.69) is 113 Å². The molecule has 1 saturated heterocycles. The highest BCUT2D eigenvalue weighted by atomic mass is 16.2. The minimum atomic E-state index is -0.0542.